The molecular weight excluding hydrogens is 234 g/mol. The largest absolute Gasteiger partial charge is 0.294 e. The lowest BCUT2D eigenvalue weighted by atomic mass is 9.95. The number of imidazole rings is 1. The van der Waals surface area contributed by atoms with E-state index >= 15 is 0 Å². The summed E-state index contributed by atoms with van der Waals surface area (Å²) in [6.07, 6.45) is 1.79. The molecule has 0 bridgehead atoms. The van der Waals surface area contributed by atoms with Gasteiger partial charge in [-0.15, -0.1) is 0 Å². The highest BCUT2D eigenvalue weighted by Gasteiger charge is 2.23. The lowest BCUT2D eigenvalue weighted by molar-refractivity contribution is 0.539. The van der Waals surface area contributed by atoms with E-state index in [0.29, 0.717) is 0 Å². The minimum Gasteiger partial charge on any atom is -0.294 e. The molecule has 0 saturated carbocycles. The number of nitrogens with zero attached hydrogens (tertiary/aromatic N) is 3. The highest BCUT2D eigenvalue weighted by atomic mass is 15.1. The van der Waals surface area contributed by atoms with Gasteiger partial charge in [0.1, 0.15) is 5.82 Å². The molecule has 0 aliphatic rings. The number of benzene rings is 1. The number of fused-ring (bicyclic) bond motifs is 1. The van der Waals surface area contributed by atoms with Crippen LogP contribution in [-0.2, 0) is 5.41 Å². The summed E-state index contributed by atoms with van der Waals surface area (Å²) in [6.45, 7) is 6.52. The first-order valence-electron chi connectivity index (χ1n) is 6.47. The van der Waals surface area contributed by atoms with E-state index in [1.807, 2.05) is 24.3 Å². The number of rotatable bonds is 1. The maximum Gasteiger partial charge on any atom is 0.178 e. The van der Waals surface area contributed by atoms with Crippen LogP contribution in [0, 0.1) is 0 Å². The Morgan fingerprint density at radius 1 is 0.947 bits per heavy atom. The first kappa shape index (κ1) is 11.9. The summed E-state index contributed by atoms with van der Waals surface area (Å²) in [5.74, 6) is 1.03. The summed E-state index contributed by atoms with van der Waals surface area (Å²) in [4.78, 5) is 9.08. The van der Waals surface area contributed by atoms with E-state index in [-0.39, 0.29) is 5.41 Å². The lowest BCUT2D eigenvalue weighted by Gasteiger charge is -2.20. The molecule has 2 aromatic heterocycles. The van der Waals surface area contributed by atoms with Crippen molar-refractivity contribution in [3.63, 3.8) is 0 Å². The third kappa shape index (κ3) is 2.01. The van der Waals surface area contributed by atoms with E-state index < -0.39 is 0 Å². The van der Waals surface area contributed by atoms with Crippen molar-refractivity contribution in [1.82, 2.24) is 14.5 Å². The Bertz CT molecular complexity index is 706. The van der Waals surface area contributed by atoms with E-state index in [1.165, 1.54) is 0 Å². The van der Waals surface area contributed by atoms with Crippen molar-refractivity contribution in [1.29, 1.82) is 0 Å². The third-order valence-corrected chi connectivity index (χ3v) is 3.12. The van der Waals surface area contributed by atoms with Crippen LogP contribution in [0.5, 0.6) is 0 Å². The van der Waals surface area contributed by atoms with E-state index in [0.717, 1.165) is 22.7 Å². The molecule has 1 aromatic carbocycles. The summed E-state index contributed by atoms with van der Waals surface area (Å²) >= 11 is 0. The summed E-state index contributed by atoms with van der Waals surface area (Å²) in [5, 5.41) is 0. The Morgan fingerprint density at radius 2 is 1.68 bits per heavy atom. The van der Waals surface area contributed by atoms with Gasteiger partial charge in [0, 0.05) is 17.3 Å². The number of aromatic nitrogens is 3. The molecule has 0 spiro atoms. The van der Waals surface area contributed by atoms with Gasteiger partial charge in [-0.25, -0.2) is 9.97 Å². The van der Waals surface area contributed by atoms with Crippen molar-refractivity contribution >= 4 is 11.2 Å². The molecule has 0 unspecified atom stereocenters. The second kappa shape index (κ2) is 4.19. The minimum atomic E-state index is -0.0312. The van der Waals surface area contributed by atoms with Gasteiger partial charge in [-0.2, -0.15) is 0 Å². The fourth-order valence-electron chi connectivity index (χ4n) is 2.26. The number of pyridine rings is 1. The Labute approximate surface area is 112 Å². The maximum atomic E-state index is 4.71. The average molecular weight is 251 g/mol. The Hall–Kier alpha value is -2.16. The van der Waals surface area contributed by atoms with E-state index in [1.54, 1.807) is 6.20 Å². The molecule has 19 heavy (non-hydrogen) atoms. The molecule has 96 valence electrons. The molecular formula is C16H17N3. The zero-order valence-electron chi connectivity index (χ0n) is 11.5. The normalized spacial score (nSPS) is 11.9. The molecule has 0 saturated heterocycles. The van der Waals surface area contributed by atoms with Crippen molar-refractivity contribution < 1.29 is 0 Å². The van der Waals surface area contributed by atoms with Gasteiger partial charge in [-0.3, -0.25) is 4.57 Å². The third-order valence-electron chi connectivity index (χ3n) is 3.12. The first-order chi connectivity index (χ1) is 9.07. The predicted octanol–water partition coefficient (Wildman–Crippen LogP) is 3.72. The van der Waals surface area contributed by atoms with Crippen LogP contribution in [-0.4, -0.2) is 14.5 Å². The van der Waals surface area contributed by atoms with Crippen LogP contribution >= 0.6 is 0 Å². The summed E-state index contributed by atoms with van der Waals surface area (Å²) in [6, 6.07) is 14.3. The lowest BCUT2D eigenvalue weighted by Crippen LogP contribution is -2.18. The maximum absolute atomic E-state index is 4.71. The van der Waals surface area contributed by atoms with Crippen LogP contribution in [0.25, 0.3) is 16.9 Å². The number of hydrogen-bond donors (Lipinski definition) is 0. The van der Waals surface area contributed by atoms with E-state index in [4.69, 9.17) is 4.98 Å². The zero-order chi connectivity index (χ0) is 13.5. The van der Waals surface area contributed by atoms with Gasteiger partial charge in [0.15, 0.2) is 5.65 Å². The highest BCUT2D eigenvalue weighted by molar-refractivity contribution is 5.74. The Kier molecular flexibility index (Phi) is 2.63. The molecule has 3 rings (SSSR count). The van der Waals surface area contributed by atoms with Crippen LogP contribution in [0.1, 0.15) is 26.6 Å². The fraction of sp³-hybridized carbons (Fsp3) is 0.250. The minimum absolute atomic E-state index is 0.0312. The van der Waals surface area contributed by atoms with Gasteiger partial charge < -0.3 is 0 Å². The van der Waals surface area contributed by atoms with Crippen molar-refractivity contribution in [2.45, 2.75) is 26.2 Å². The SMILES string of the molecule is CC(C)(C)c1nc2ncccc2n1-c1ccccc1. The average Bonchev–Trinajstić information content (AvgIpc) is 2.79. The van der Waals surface area contributed by atoms with Gasteiger partial charge in [-0.1, -0.05) is 39.0 Å². The van der Waals surface area contributed by atoms with Gasteiger partial charge in [0.2, 0.25) is 0 Å². The summed E-state index contributed by atoms with van der Waals surface area (Å²) in [5.41, 5.74) is 2.95. The van der Waals surface area contributed by atoms with Crippen molar-refractivity contribution in [2.24, 2.45) is 0 Å². The molecule has 0 fully saturated rings. The topological polar surface area (TPSA) is 30.7 Å². The monoisotopic (exact) mass is 251 g/mol. The predicted molar refractivity (Wildman–Crippen MR) is 77.6 cm³/mol. The molecule has 0 atom stereocenters. The molecule has 0 amide bonds. The standard InChI is InChI=1S/C16H17N3/c1-16(2,3)15-18-14-13(10-7-11-17-14)19(15)12-8-5-4-6-9-12/h4-11H,1-3H3. The molecule has 0 N–H and O–H groups in total. The van der Waals surface area contributed by atoms with E-state index in [2.05, 4.69) is 48.5 Å². The quantitative estimate of drug-likeness (QED) is 0.660. The van der Waals surface area contributed by atoms with Crippen LogP contribution in [0.3, 0.4) is 0 Å². The summed E-state index contributed by atoms with van der Waals surface area (Å²) in [7, 11) is 0. The van der Waals surface area contributed by atoms with Crippen LogP contribution < -0.4 is 0 Å². The zero-order valence-corrected chi connectivity index (χ0v) is 11.5. The second-order valence-corrected chi connectivity index (χ2v) is 5.70. The first-order valence-corrected chi connectivity index (χ1v) is 6.47. The van der Waals surface area contributed by atoms with Crippen LogP contribution in [0.4, 0.5) is 0 Å². The molecule has 0 aliphatic heterocycles. The molecule has 0 radical (unpaired) electrons. The van der Waals surface area contributed by atoms with E-state index in [9.17, 15) is 0 Å². The van der Waals surface area contributed by atoms with Crippen molar-refractivity contribution in [3.05, 3.63) is 54.5 Å². The van der Waals surface area contributed by atoms with Gasteiger partial charge in [0.05, 0.1) is 5.52 Å². The molecule has 0 aliphatic carbocycles. The molecule has 3 heteroatoms. The van der Waals surface area contributed by atoms with Crippen molar-refractivity contribution in [2.75, 3.05) is 0 Å². The van der Waals surface area contributed by atoms with Gasteiger partial charge in [-0.05, 0) is 24.3 Å². The molecule has 3 aromatic rings. The second-order valence-electron chi connectivity index (χ2n) is 5.70. The smallest absolute Gasteiger partial charge is 0.178 e. The highest BCUT2D eigenvalue weighted by Crippen LogP contribution is 2.28. The number of para-hydroxylation sites is 1. The Morgan fingerprint density at radius 3 is 2.37 bits per heavy atom. The van der Waals surface area contributed by atoms with Crippen molar-refractivity contribution in [3.8, 4) is 5.69 Å². The fourth-order valence-corrected chi connectivity index (χ4v) is 2.26. The molecule has 3 nitrogen and oxygen atoms in total. The van der Waals surface area contributed by atoms with Crippen LogP contribution in [0.2, 0.25) is 0 Å². The van der Waals surface area contributed by atoms with Gasteiger partial charge >= 0.3 is 0 Å². The summed E-state index contributed by atoms with van der Waals surface area (Å²) < 4.78 is 2.20. The molecule has 2 heterocycles. The number of hydrogen-bond acceptors (Lipinski definition) is 2. The Balaban J connectivity index is 2.38. The van der Waals surface area contributed by atoms with Gasteiger partial charge in [0.25, 0.3) is 0 Å². The van der Waals surface area contributed by atoms with Crippen LogP contribution in [0.15, 0.2) is 48.7 Å².